The van der Waals surface area contributed by atoms with E-state index in [1.807, 2.05) is 0 Å². The molecule has 0 heterocycles. The number of rotatable bonds is 0. The summed E-state index contributed by atoms with van der Waals surface area (Å²) in [6, 6.07) is 0. The van der Waals surface area contributed by atoms with Gasteiger partial charge in [0.2, 0.25) is 0 Å². The zero-order valence-corrected chi connectivity index (χ0v) is 11.0. The van der Waals surface area contributed by atoms with Gasteiger partial charge in [-0.1, -0.05) is 0 Å². The van der Waals surface area contributed by atoms with E-state index in [0.29, 0.717) is 0 Å². The summed E-state index contributed by atoms with van der Waals surface area (Å²) in [7, 11) is 0. The zero-order chi connectivity index (χ0) is 18.2. The second-order valence-electron chi connectivity index (χ2n) is 2.41. The maximum Gasteiger partial charge on any atom is 0.490 e. The maximum atomic E-state index is 10.6. The van der Waals surface area contributed by atoms with Gasteiger partial charge in [0.15, 0.2) is 0 Å². The molecule has 16 heteroatoms. The molecule has 0 saturated heterocycles. The molecule has 0 radical (unpaired) electrons. The van der Waals surface area contributed by atoms with Crippen LogP contribution in [0.25, 0.3) is 0 Å². The molecule has 0 aliphatic rings. The van der Waals surface area contributed by atoms with Crippen molar-refractivity contribution in [3.8, 4) is 0 Å². The summed E-state index contributed by atoms with van der Waals surface area (Å²) in [5.41, 5.74) is 0. The van der Waals surface area contributed by atoms with E-state index in [4.69, 9.17) is 29.7 Å². The third-order valence-corrected chi connectivity index (χ3v) is 0.728. The molecule has 0 aliphatic carbocycles. The van der Waals surface area contributed by atoms with Crippen molar-refractivity contribution >= 4 is 17.9 Å². The fourth-order valence-electron chi connectivity index (χ4n) is 0. The van der Waals surface area contributed by atoms with E-state index >= 15 is 0 Å². The molecule has 0 fully saturated rings. The van der Waals surface area contributed by atoms with Crippen molar-refractivity contribution in [2.75, 3.05) is 0 Å². The van der Waals surface area contributed by atoms with Crippen molar-refractivity contribution in [1.29, 1.82) is 0 Å². The monoisotopic (exact) mass is 516 g/mol. The average Bonchev–Trinajstić information content (AvgIpc) is 2.14. The Hall–Kier alpha value is -0.701. The molecule has 0 spiro atoms. The third-order valence-electron chi connectivity index (χ3n) is 0.728. The Kier molecular flexibility index (Phi) is 14.6. The number of carbonyl (C=O) groups is 3. The van der Waals surface area contributed by atoms with Crippen LogP contribution in [-0.2, 0) is 14.4 Å². The molecule has 22 heavy (non-hydrogen) atoms. The SMILES string of the molecule is O=C(O)C(F)(F)F.O=C(O)C(F)(F)F.O=C(O)C(F)(F)F.[Yb]. The minimum absolute atomic E-state index is 0. The molecule has 3 N–H and O–H groups in total. The first-order valence-corrected chi connectivity index (χ1v) is 3.73. The van der Waals surface area contributed by atoms with Crippen LogP contribution in [0.3, 0.4) is 0 Å². The first-order chi connectivity index (χ1) is 8.83. The van der Waals surface area contributed by atoms with Crippen LogP contribution in [0.1, 0.15) is 0 Å². The summed E-state index contributed by atoms with van der Waals surface area (Å²) in [6.45, 7) is 0. The minimum Gasteiger partial charge on any atom is -0.475 e. The molecule has 140 valence electrons. The molecule has 0 saturated carbocycles. The number of halogens is 9. The van der Waals surface area contributed by atoms with Crippen LogP contribution in [-0.4, -0.2) is 51.8 Å². The van der Waals surface area contributed by atoms with Crippen molar-refractivity contribution in [1.82, 2.24) is 0 Å². The van der Waals surface area contributed by atoms with Gasteiger partial charge in [-0.2, -0.15) is 39.5 Å². The quantitative estimate of drug-likeness (QED) is 0.426. The predicted octanol–water partition coefficient (Wildman–Crippen LogP) is 1.90. The molecule has 0 unspecified atom stereocenters. The summed E-state index contributed by atoms with van der Waals surface area (Å²) in [5, 5.41) is 21.4. The number of carboxylic acids is 3. The van der Waals surface area contributed by atoms with E-state index in [-0.39, 0.29) is 46.9 Å². The van der Waals surface area contributed by atoms with Crippen molar-refractivity contribution in [3.63, 3.8) is 0 Å². The Morgan fingerprint density at radius 2 is 0.545 bits per heavy atom. The second kappa shape index (κ2) is 10.9. The normalized spacial score (nSPS) is 10.8. The van der Waals surface area contributed by atoms with Gasteiger partial charge in [-0.15, -0.1) is 0 Å². The molecular formula is C6H3F9O6Yb. The molecule has 0 aromatic carbocycles. The Bertz CT molecular complexity index is 313. The molecule has 0 aromatic rings. The van der Waals surface area contributed by atoms with Crippen LogP contribution >= 0.6 is 0 Å². The molecule has 0 aliphatic heterocycles. The summed E-state index contributed by atoms with van der Waals surface area (Å²) < 4.78 is 95.2. The Morgan fingerprint density at radius 1 is 0.500 bits per heavy atom. The topological polar surface area (TPSA) is 112 Å². The molecule has 0 bridgehead atoms. The second-order valence-corrected chi connectivity index (χ2v) is 2.41. The van der Waals surface area contributed by atoms with Crippen LogP contribution in [0, 0.1) is 46.9 Å². The van der Waals surface area contributed by atoms with Crippen LogP contribution in [0.5, 0.6) is 0 Å². The van der Waals surface area contributed by atoms with Gasteiger partial charge < -0.3 is 15.3 Å². The smallest absolute Gasteiger partial charge is 0.475 e. The Balaban J connectivity index is -0.000000108. The van der Waals surface area contributed by atoms with Gasteiger partial charge in [-0.3, -0.25) is 0 Å². The molecule has 6 nitrogen and oxygen atoms in total. The number of hydrogen-bond acceptors (Lipinski definition) is 3. The number of carboxylic acid groups (broad SMARTS) is 3. The Labute approximate surface area is 152 Å². The molecule has 0 amide bonds. The number of alkyl halides is 9. The van der Waals surface area contributed by atoms with Crippen molar-refractivity contribution in [3.05, 3.63) is 0 Å². The minimum atomic E-state index is -5.08. The number of aliphatic carboxylic acids is 3. The van der Waals surface area contributed by atoms with Crippen molar-refractivity contribution in [2.45, 2.75) is 18.5 Å². The van der Waals surface area contributed by atoms with Gasteiger partial charge >= 0.3 is 36.4 Å². The first kappa shape index (κ1) is 29.3. The maximum absolute atomic E-state index is 10.6. The van der Waals surface area contributed by atoms with Crippen LogP contribution in [0.2, 0.25) is 0 Å². The largest absolute Gasteiger partial charge is 0.490 e. The van der Waals surface area contributed by atoms with E-state index in [0.717, 1.165) is 0 Å². The van der Waals surface area contributed by atoms with Gasteiger partial charge in [-0.05, 0) is 0 Å². The fraction of sp³-hybridized carbons (Fsp3) is 0.500. The van der Waals surface area contributed by atoms with Crippen molar-refractivity contribution in [2.24, 2.45) is 0 Å². The zero-order valence-electron chi connectivity index (χ0n) is 9.24. The van der Waals surface area contributed by atoms with Gasteiger partial charge in [0.1, 0.15) is 0 Å². The summed E-state index contributed by atoms with van der Waals surface area (Å²) in [5.74, 6) is -8.27. The van der Waals surface area contributed by atoms with E-state index in [9.17, 15) is 39.5 Å². The molecule has 0 atom stereocenters. The predicted molar refractivity (Wildman–Crippen MR) is 41.1 cm³/mol. The van der Waals surface area contributed by atoms with E-state index in [1.165, 1.54) is 0 Å². The summed E-state index contributed by atoms with van der Waals surface area (Å²) in [4.78, 5) is 26.7. The van der Waals surface area contributed by atoms with E-state index in [1.54, 1.807) is 0 Å². The molecular weight excluding hydrogens is 512 g/mol. The fourth-order valence-corrected chi connectivity index (χ4v) is 0. The third kappa shape index (κ3) is 21.6. The van der Waals surface area contributed by atoms with Gasteiger partial charge in [0.05, 0.1) is 0 Å². The average molecular weight is 515 g/mol. The Morgan fingerprint density at radius 3 is 0.545 bits per heavy atom. The standard InChI is InChI=1S/3C2HF3O2.Yb/c3*3-2(4,5)1(6)7;/h3*(H,6,7);. The van der Waals surface area contributed by atoms with Crippen LogP contribution in [0.4, 0.5) is 39.5 Å². The van der Waals surface area contributed by atoms with Crippen LogP contribution in [0.15, 0.2) is 0 Å². The molecule has 0 aromatic heterocycles. The first-order valence-electron chi connectivity index (χ1n) is 3.73. The number of hydrogen-bond donors (Lipinski definition) is 3. The van der Waals surface area contributed by atoms with E-state index in [2.05, 4.69) is 0 Å². The summed E-state index contributed by atoms with van der Waals surface area (Å²) >= 11 is 0. The molecule has 0 rings (SSSR count). The van der Waals surface area contributed by atoms with Gasteiger partial charge in [0.25, 0.3) is 0 Å². The van der Waals surface area contributed by atoms with Gasteiger partial charge in [-0.25, -0.2) is 14.4 Å². The van der Waals surface area contributed by atoms with Crippen LogP contribution < -0.4 is 0 Å². The summed E-state index contributed by atoms with van der Waals surface area (Å²) in [6.07, 6.45) is -15.3. The van der Waals surface area contributed by atoms with Gasteiger partial charge in [0, 0.05) is 46.9 Å². The van der Waals surface area contributed by atoms with Crippen molar-refractivity contribution < 1.29 is 116 Å². The van der Waals surface area contributed by atoms with E-state index < -0.39 is 36.4 Å².